The van der Waals surface area contributed by atoms with Gasteiger partial charge in [-0.2, -0.15) is 0 Å². The first kappa shape index (κ1) is 14.6. The normalized spacial score (nSPS) is 18.4. The summed E-state index contributed by atoms with van der Waals surface area (Å²) in [4.78, 5) is 25.4. The van der Waals surface area contributed by atoms with Gasteiger partial charge in [-0.15, -0.1) is 0 Å². The molecule has 1 aliphatic rings. The molecule has 1 heterocycles. The maximum absolute atomic E-state index is 12.0. The molecule has 4 nitrogen and oxygen atoms in total. The van der Waals surface area contributed by atoms with Crippen molar-refractivity contribution < 1.29 is 9.59 Å². The van der Waals surface area contributed by atoms with Crippen LogP contribution in [0.5, 0.6) is 0 Å². The number of rotatable bonds is 4. The molecule has 108 valence electrons. The number of amides is 2. The summed E-state index contributed by atoms with van der Waals surface area (Å²) < 4.78 is 0. The molecule has 0 unspecified atom stereocenters. The fourth-order valence-corrected chi connectivity index (χ4v) is 2.65. The van der Waals surface area contributed by atoms with Crippen molar-refractivity contribution in [1.82, 2.24) is 4.90 Å². The van der Waals surface area contributed by atoms with Crippen LogP contribution in [0.15, 0.2) is 24.3 Å². The number of carbonyl (C=O) groups excluding carboxylic acids is 2. The van der Waals surface area contributed by atoms with Gasteiger partial charge in [0, 0.05) is 25.1 Å². The molecule has 0 aromatic heterocycles. The van der Waals surface area contributed by atoms with Crippen molar-refractivity contribution in [3.8, 4) is 0 Å². The number of hydrogen-bond donors (Lipinski definition) is 1. The number of carbonyl (C=O) groups is 2. The minimum atomic E-state index is -0.196. The molecule has 1 fully saturated rings. The SMILES string of the molecule is CC1(C)CC(=O)N(CCCc2cccc(N)c2)C(=O)C1. The standard InChI is InChI=1S/C16H22N2O2/c1-16(2)10-14(19)18(15(20)11-16)8-4-6-12-5-3-7-13(17)9-12/h3,5,7,9H,4,6,8,10-11,17H2,1-2H3. The van der Waals surface area contributed by atoms with Crippen LogP contribution >= 0.6 is 0 Å². The second-order valence-corrected chi connectivity index (χ2v) is 6.31. The zero-order valence-electron chi connectivity index (χ0n) is 12.2. The van der Waals surface area contributed by atoms with E-state index in [1.807, 2.05) is 38.1 Å². The first-order valence-corrected chi connectivity index (χ1v) is 7.05. The van der Waals surface area contributed by atoms with Crippen molar-refractivity contribution in [3.05, 3.63) is 29.8 Å². The molecule has 2 rings (SSSR count). The zero-order valence-corrected chi connectivity index (χ0v) is 12.2. The Hall–Kier alpha value is -1.84. The van der Waals surface area contributed by atoms with Gasteiger partial charge in [0.1, 0.15) is 0 Å². The van der Waals surface area contributed by atoms with Crippen LogP contribution in [0, 0.1) is 5.41 Å². The van der Waals surface area contributed by atoms with Gasteiger partial charge in [-0.05, 0) is 36.0 Å². The highest BCUT2D eigenvalue weighted by molar-refractivity contribution is 5.98. The molecule has 0 spiro atoms. The highest BCUT2D eigenvalue weighted by Crippen LogP contribution is 2.31. The minimum Gasteiger partial charge on any atom is -0.399 e. The lowest BCUT2D eigenvalue weighted by Gasteiger charge is -2.34. The Balaban J connectivity index is 1.88. The fourth-order valence-electron chi connectivity index (χ4n) is 2.65. The molecule has 20 heavy (non-hydrogen) atoms. The maximum atomic E-state index is 12.0. The second-order valence-electron chi connectivity index (χ2n) is 6.31. The lowest BCUT2D eigenvalue weighted by Crippen LogP contribution is -2.46. The number of nitrogens with two attached hydrogens (primary N) is 1. The van der Waals surface area contributed by atoms with Crippen molar-refractivity contribution in [2.75, 3.05) is 12.3 Å². The molecule has 0 atom stereocenters. The smallest absolute Gasteiger partial charge is 0.229 e. The molecular formula is C16H22N2O2. The molecule has 0 aliphatic carbocycles. The van der Waals surface area contributed by atoms with Gasteiger partial charge in [-0.25, -0.2) is 0 Å². The summed E-state index contributed by atoms with van der Waals surface area (Å²) >= 11 is 0. The van der Waals surface area contributed by atoms with Crippen molar-refractivity contribution in [2.45, 2.75) is 39.5 Å². The van der Waals surface area contributed by atoms with E-state index in [1.165, 1.54) is 4.90 Å². The largest absolute Gasteiger partial charge is 0.399 e. The van der Waals surface area contributed by atoms with E-state index in [9.17, 15) is 9.59 Å². The molecule has 4 heteroatoms. The predicted octanol–water partition coefficient (Wildman–Crippen LogP) is 2.38. The zero-order chi connectivity index (χ0) is 14.8. The van der Waals surface area contributed by atoms with E-state index in [2.05, 4.69) is 0 Å². The molecule has 0 bridgehead atoms. The van der Waals surface area contributed by atoms with Crippen LogP contribution < -0.4 is 5.73 Å². The highest BCUT2D eigenvalue weighted by atomic mass is 16.2. The molecule has 1 aliphatic heterocycles. The van der Waals surface area contributed by atoms with E-state index < -0.39 is 0 Å². The number of aryl methyl sites for hydroxylation is 1. The monoisotopic (exact) mass is 274 g/mol. The van der Waals surface area contributed by atoms with Gasteiger partial charge in [0.15, 0.2) is 0 Å². The van der Waals surface area contributed by atoms with Gasteiger partial charge in [0.2, 0.25) is 11.8 Å². The van der Waals surface area contributed by atoms with Crippen LogP contribution in [0.4, 0.5) is 5.69 Å². The molecule has 2 N–H and O–H groups in total. The molecule has 1 saturated heterocycles. The Kier molecular flexibility index (Phi) is 4.12. The van der Waals surface area contributed by atoms with E-state index in [-0.39, 0.29) is 17.2 Å². The quantitative estimate of drug-likeness (QED) is 0.677. The molecule has 1 aromatic carbocycles. The van der Waals surface area contributed by atoms with Crippen molar-refractivity contribution >= 4 is 17.5 Å². The Morgan fingerprint density at radius 2 is 1.85 bits per heavy atom. The van der Waals surface area contributed by atoms with E-state index in [0.29, 0.717) is 19.4 Å². The highest BCUT2D eigenvalue weighted by Gasteiger charge is 2.36. The summed E-state index contributed by atoms with van der Waals surface area (Å²) in [5.41, 5.74) is 7.42. The van der Waals surface area contributed by atoms with Crippen LogP contribution in [-0.2, 0) is 16.0 Å². The van der Waals surface area contributed by atoms with E-state index in [0.717, 1.165) is 24.1 Å². The third-order valence-corrected chi connectivity index (χ3v) is 3.66. The fraction of sp³-hybridized carbons (Fsp3) is 0.500. The van der Waals surface area contributed by atoms with E-state index in [4.69, 9.17) is 5.73 Å². The summed E-state index contributed by atoms with van der Waals surface area (Å²) in [6.45, 7) is 4.43. The van der Waals surface area contributed by atoms with E-state index in [1.54, 1.807) is 0 Å². The maximum Gasteiger partial charge on any atom is 0.229 e. The first-order chi connectivity index (χ1) is 9.37. The van der Waals surface area contributed by atoms with Crippen molar-refractivity contribution in [2.24, 2.45) is 5.41 Å². The molecular weight excluding hydrogens is 252 g/mol. The van der Waals surface area contributed by atoms with E-state index >= 15 is 0 Å². The Morgan fingerprint density at radius 1 is 1.20 bits per heavy atom. The van der Waals surface area contributed by atoms with Gasteiger partial charge in [0.05, 0.1) is 0 Å². The van der Waals surface area contributed by atoms with Crippen LogP contribution in [0.25, 0.3) is 0 Å². The Bertz CT molecular complexity index is 503. The van der Waals surface area contributed by atoms with Crippen LogP contribution in [0.3, 0.4) is 0 Å². The molecule has 0 saturated carbocycles. The van der Waals surface area contributed by atoms with Gasteiger partial charge in [-0.3, -0.25) is 14.5 Å². The summed E-state index contributed by atoms with van der Waals surface area (Å²) in [7, 11) is 0. The summed E-state index contributed by atoms with van der Waals surface area (Å²) in [6.07, 6.45) is 2.51. The van der Waals surface area contributed by atoms with Crippen molar-refractivity contribution in [1.29, 1.82) is 0 Å². The van der Waals surface area contributed by atoms with Crippen LogP contribution in [-0.4, -0.2) is 23.3 Å². The number of anilines is 1. The average Bonchev–Trinajstić information content (AvgIpc) is 2.31. The summed E-state index contributed by atoms with van der Waals surface area (Å²) in [5, 5.41) is 0. The minimum absolute atomic E-state index is 0.0428. The van der Waals surface area contributed by atoms with Crippen LogP contribution in [0.2, 0.25) is 0 Å². The molecule has 0 radical (unpaired) electrons. The Labute approximate surface area is 119 Å². The van der Waals surface area contributed by atoms with Gasteiger partial charge in [0.25, 0.3) is 0 Å². The molecule has 2 amide bonds. The van der Waals surface area contributed by atoms with Crippen molar-refractivity contribution in [3.63, 3.8) is 0 Å². The lowest BCUT2D eigenvalue weighted by molar-refractivity contribution is -0.152. The summed E-state index contributed by atoms with van der Waals surface area (Å²) in [6, 6.07) is 7.72. The average molecular weight is 274 g/mol. The second kappa shape index (κ2) is 5.65. The predicted molar refractivity (Wildman–Crippen MR) is 78.9 cm³/mol. The molecule has 1 aromatic rings. The number of imide groups is 1. The third-order valence-electron chi connectivity index (χ3n) is 3.66. The number of likely N-dealkylation sites (tertiary alicyclic amines) is 1. The summed E-state index contributed by atoms with van der Waals surface area (Å²) in [5.74, 6) is -0.0855. The lowest BCUT2D eigenvalue weighted by atomic mass is 9.81. The number of nitrogens with zero attached hydrogens (tertiary/aromatic N) is 1. The van der Waals surface area contributed by atoms with Gasteiger partial charge >= 0.3 is 0 Å². The number of benzene rings is 1. The number of nitrogen functional groups attached to an aromatic ring is 1. The topological polar surface area (TPSA) is 63.4 Å². The van der Waals surface area contributed by atoms with Gasteiger partial charge in [-0.1, -0.05) is 26.0 Å². The van der Waals surface area contributed by atoms with Crippen LogP contribution in [0.1, 0.15) is 38.7 Å². The first-order valence-electron chi connectivity index (χ1n) is 7.05. The third kappa shape index (κ3) is 3.59. The Morgan fingerprint density at radius 3 is 2.45 bits per heavy atom. The number of piperidine rings is 1. The van der Waals surface area contributed by atoms with Gasteiger partial charge < -0.3 is 5.73 Å². The number of hydrogen-bond acceptors (Lipinski definition) is 3.